The predicted molar refractivity (Wildman–Crippen MR) is 138 cm³/mol. The molecule has 1 aromatic heterocycles. The normalized spacial score (nSPS) is 11.0. The van der Waals surface area contributed by atoms with E-state index in [9.17, 15) is 9.59 Å². The average molecular weight is 463 g/mol. The number of unbranched alkanes of at least 4 members (excludes halogenated alkanes) is 2. The first-order valence-electron chi connectivity index (χ1n) is 12.6. The van der Waals surface area contributed by atoms with Gasteiger partial charge < -0.3 is 14.8 Å². The Balaban J connectivity index is 1.51. The summed E-state index contributed by atoms with van der Waals surface area (Å²) in [5.41, 5.74) is 2.99. The van der Waals surface area contributed by atoms with E-state index in [4.69, 9.17) is 4.98 Å². The summed E-state index contributed by atoms with van der Waals surface area (Å²) in [5.74, 6) is 1.19. The second-order valence-electron chi connectivity index (χ2n) is 8.81. The van der Waals surface area contributed by atoms with E-state index in [0.717, 1.165) is 74.0 Å². The number of nitrogens with zero attached hydrogens (tertiary/aromatic N) is 3. The van der Waals surface area contributed by atoms with Crippen LogP contribution in [0.2, 0.25) is 0 Å². The summed E-state index contributed by atoms with van der Waals surface area (Å²) in [4.78, 5) is 31.9. The van der Waals surface area contributed by atoms with Gasteiger partial charge in [-0.15, -0.1) is 0 Å². The van der Waals surface area contributed by atoms with Crippen molar-refractivity contribution >= 4 is 22.8 Å². The van der Waals surface area contributed by atoms with Crippen LogP contribution in [0.3, 0.4) is 0 Å². The fourth-order valence-electron chi connectivity index (χ4n) is 4.29. The van der Waals surface area contributed by atoms with Crippen molar-refractivity contribution in [3.63, 3.8) is 0 Å². The lowest BCUT2D eigenvalue weighted by molar-refractivity contribution is -0.132. The number of carbonyl (C=O) groups is 2. The highest BCUT2D eigenvalue weighted by atomic mass is 16.2. The number of aromatic nitrogens is 2. The zero-order valence-electron chi connectivity index (χ0n) is 20.6. The maximum Gasteiger partial charge on any atom is 0.242 e. The topological polar surface area (TPSA) is 67.2 Å². The summed E-state index contributed by atoms with van der Waals surface area (Å²) in [5, 5.41) is 3.02. The summed E-state index contributed by atoms with van der Waals surface area (Å²) in [6.45, 7) is 6.83. The monoisotopic (exact) mass is 462 g/mol. The molecule has 34 heavy (non-hydrogen) atoms. The molecule has 3 rings (SSSR count). The molecule has 0 saturated carbocycles. The van der Waals surface area contributed by atoms with E-state index in [-0.39, 0.29) is 11.8 Å². The standard InChI is InChI=1S/C28H38N4O2/c1-3-19-31(20-4-2)28(34)22-32-25-16-11-10-15-24(25)30-26(32)17-9-6-12-18-29-27(33)21-23-13-7-5-8-14-23/h5,7-8,10-11,13-16H,3-4,6,9,12,17-22H2,1-2H3,(H,29,33). The van der Waals surface area contributed by atoms with Crippen LogP contribution >= 0.6 is 0 Å². The molecule has 182 valence electrons. The molecule has 0 aliphatic carbocycles. The van der Waals surface area contributed by atoms with Crippen LogP contribution in [0, 0.1) is 0 Å². The van der Waals surface area contributed by atoms with Gasteiger partial charge in [0.05, 0.1) is 17.5 Å². The molecule has 0 fully saturated rings. The van der Waals surface area contributed by atoms with Crippen molar-refractivity contribution in [3.05, 3.63) is 66.0 Å². The number of rotatable bonds is 14. The van der Waals surface area contributed by atoms with Crippen LogP contribution in [0.5, 0.6) is 0 Å². The SMILES string of the molecule is CCCN(CCC)C(=O)Cn1c(CCCCCNC(=O)Cc2ccccc2)nc2ccccc21. The minimum Gasteiger partial charge on any atom is -0.356 e. The zero-order chi connectivity index (χ0) is 24.2. The van der Waals surface area contributed by atoms with Crippen molar-refractivity contribution in [3.8, 4) is 0 Å². The van der Waals surface area contributed by atoms with Gasteiger partial charge in [-0.1, -0.05) is 62.7 Å². The summed E-state index contributed by atoms with van der Waals surface area (Å²) in [7, 11) is 0. The van der Waals surface area contributed by atoms with Crippen molar-refractivity contribution in [1.82, 2.24) is 19.8 Å². The zero-order valence-corrected chi connectivity index (χ0v) is 20.6. The lowest BCUT2D eigenvalue weighted by Gasteiger charge is -2.22. The first kappa shape index (κ1) is 25.5. The fourth-order valence-corrected chi connectivity index (χ4v) is 4.29. The van der Waals surface area contributed by atoms with Crippen LogP contribution < -0.4 is 5.32 Å². The van der Waals surface area contributed by atoms with Gasteiger partial charge in [-0.25, -0.2) is 4.98 Å². The van der Waals surface area contributed by atoms with Crippen LogP contribution in [0.15, 0.2) is 54.6 Å². The van der Waals surface area contributed by atoms with E-state index in [1.54, 1.807) is 0 Å². The molecule has 1 N–H and O–H groups in total. The number of para-hydroxylation sites is 2. The van der Waals surface area contributed by atoms with Crippen LogP contribution in [0.25, 0.3) is 11.0 Å². The van der Waals surface area contributed by atoms with E-state index in [1.165, 1.54) is 0 Å². The fraction of sp³-hybridized carbons (Fsp3) is 0.464. The van der Waals surface area contributed by atoms with Gasteiger partial charge in [0.2, 0.25) is 11.8 Å². The Morgan fingerprint density at radius 3 is 2.35 bits per heavy atom. The maximum atomic E-state index is 13.0. The molecule has 0 saturated heterocycles. The molecular formula is C28H38N4O2. The van der Waals surface area contributed by atoms with Crippen LogP contribution in [0.4, 0.5) is 0 Å². The van der Waals surface area contributed by atoms with E-state index in [0.29, 0.717) is 19.5 Å². The van der Waals surface area contributed by atoms with E-state index < -0.39 is 0 Å². The number of hydrogen-bond acceptors (Lipinski definition) is 3. The molecule has 0 radical (unpaired) electrons. The Hall–Kier alpha value is -3.15. The largest absolute Gasteiger partial charge is 0.356 e. The predicted octanol–water partition coefficient (Wildman–Crippen LogP) is 4.76. The Morgan fingerprint density at radius 1 is 0.912 bits per heavy atom. The number of amides is 2. The number of hydrogen-bond donors (Lipinski definition) is 1. The molecule has 0 spiro atoms. The van der Waals surface area contributed by atoms with Gasteiger partial charge in [0.15, 0.2) is 0 Å². The second kappa shape index (κ2) is 13.5. The number of nitrogens with one attached hydrogen (secondary N) is 1. The van der Waals surface area contributed by atoms with Crippen molar-refractivity contribution < 1.29 is 9.59 Å². The Labute approximate surface area is 203 Å². The van der Waals surface area contributed by atoms with Crippen LogP contribution in [0.1, 0.15) is 57.3 Å². The number of carbonyl (C=O) groups excluding carboxylic acids is 2. The van der Waals surface area contributed by atoms with Crippen molar-refractivity contribution in [2.45, 2.75) is 65.3 Å². The molecule has 0 unspecified atom stereocenters. The van der Waals surface area contributed by atoms with E-state index in [1.807, 2.05) is 59.5 Å². The summed E-state index contributed by atoms with van der Waals surface area (Å²) in [6, 6.07) is 17.9. The summed E-state index contributed by atoms with van der Waals surface area (Å²) < 4.78 is 2.09. The third-order valence-electron chi connectivity index (χ3n) is 5.97. The third-order valence-corrected chi connectivity index (χ3v) is 5.97. The molecule has 2 amide bonds. The summed E-state index contributed by atoms with van der Waals surface area (Å²) in [6.07, 6.45) is 6.07. The lowest BCUT2D eigenvalue weighted by Crippen LogP contribution is -2.35. The molecule has 3 aromatic rings. The first-order valence-corrected chi connectivity index (χ1v) is 12.6. The van der Waals surface area contributed by atoms with Gasteiger partial charge in [-0.2, -0.15) is 0 Å². The maximum absolute atomic E-state index is 13.0. The smallest absolute Gasteiger partial charge is 0.242 e. The molecule has 0 aliphatic rings. The Kier molecular flexibility index (Phi) is 10.1. The first-order chi connectivity index (χ1) is 16.6. The van der Waals surface area contributed by atoms with Crippen molar-refractivity contribution in [1.29, 1.82) is 0 Å². The molecular weight excluding hydrogens is 424 g/mol. The minimum atomic E-state index is 0.0650. The summed E-state index contributed by atoms with van der Waals surface area (Å²) >= 11 is 0. The average Bonchev–Trinajstić information content (AvgIpc) is 3.19. The molecule has 1 heterocycles. The van der Waals surface area contributed by atoms with Crippen molar-refractivity contribution in [2.24, 2.45) is 0 Å². The number of imidazole rings is 1. The third kappa shape index (κ3) is 7.44. The molecule has 2 aromatic carbocycles. The number of aryl methyl sites for hydroxylation is 1. The Morgan fingerprint density at radius 2 is 1.62 bits per heavy atom. The van der Waals surface area contributed by atoms with Crippen LogP contribution in [-0.2, 0) is 29.0 Å². The highest BCUT2D eigenvalue weighted by Crippen LogP contribution is 2.18. The van der Waals surface area contributed by atoms with E-state index >= 15 is 0 Å². The van der Waals surface area contributed by atoms with Crippen LogP contribution in [-0.4, -0.2) is 45.9 Å². The second-order valence-corrected chi connectivity index (χ2v) is 8.81. The highest BCUT2D eigenvalue weighted by Gasteiger charge is 2.17. The van der Waals surface area contributed by atoms with E-state index in [2.05, 4.69) is 23.7 Å². The molecule has 6 heteroatoms. The molecule has 0 aliphatic heterocycles. The highest BCUT2D eigenvalue weighted by molar-refractivity contribution is 5.81. The Bertz CT molecular complexity index is 1040. The lowest BCUT2D eigenvalue weighted by atomic mass is 10.1. The van der Waals surface area contributed by atoms with Gasteiger partial charge >= 0.3 is 0 Å². The number of benzene rings is 2. The van der Waals surface area contributed by atoms with Gasteiger partial charge in [0.1, 0.15) is 12.4 Å². The minimum absolute atomic E-state index is 0.0650. The van der Waals surface area contributed by atoms with Crippen molar-refractivity contribution in [2.75, 3.05) is 19.6 Å². The van der Waals surface area contributed by atoms with Gasteiger partial charge in [-0.3, -0.25) is 9.59 Å². The quantitative estimate of drug-likeness (QED) is 0.351. The van der Waals surface area contributed by atoms with Gasteiger partial charge in [0, 0.05) is 26.1 Å². The molecule has 0 bridgehead atoms. The van der Waals surface area contributed by atoms with Gasteiger partial charge in [-0.05, 0) is 43.4 Å². The van der Waals surface area contributed by atoms with Gasteiger partial charge in [0.25, 0.3) is 0 Å². The molecule has 0 atom stereocenters. The molecule has 6 nitrogen and oxygen atoms in total. The number of fused-ring (bicyclic) bond motifs is 1.